The number of hydrazine groups is 1. The van der Waals surface area contributed by atoms with Crippen molar-refractivity contribution in [1.82, 2.24) is 10.0 Å². The summed E-state index contributed by atoms with van der Waals surface area (Å²) in [4.78, 5) is 11.0. The first-order valence-corrected chi connectivity index (χ1v) is 7.43. The maximum absolute atomic E-state index is 11.1. The summed E-state index contributed by atoms with van der Waals surface area (Å²) in [5.74, 6) is 0. The van der Waals surface area contributed by atoms with Gasteiger partial charge >= 0.3 is 0 Å². The molecule has 0 atom stereocenters. The van der Waals surface area contributed by atoms with Crippen LogP contribution in [0.4, 0.5) is 0 Å². The summed E-state index contributed by atoms with van der Waals surface area (Å²) in [7, 11) is 0. The van der Waals surface area contributed by atoms with Gasteiger partial charge in [0.2, 0.25) is 6.04 Å². The van der Waals surface area contributed by atoms with E-state index in [1.165, 1.54) is 11.1 Å². The van der Waals surface area contributed by atoms with Gasteiger partial charge in [-0.05, 0) is 11.1 Å². The molecule has 22 heavy (non-hydrogen) atoms. The second-order valence-corrected chi connectivity index (χ2v) is 5.60. The fraction of sp³-hybridized carbons (Fsp3) is 0.294. The molecule has 0 spiro atoms. The van der Waals surface area contributed by atoms with Gasteiger partial charge in [-0.1, -0.05) is 60.7 Å². The fourth-order valence-corrected chi connectivity index (χ4v) is 2.83. The van der Waals surface area contributed by atoms with Crippen LogP contribution in [0.2, 0.25) is 0 Å². The molecule has 2 aromatic rings. The van der Waals surface area contributed by atoms with Crippen LogP contribution >= 0.6 is 0 Å². The molecule has 0 bridgehead atoms. The molecule has 0 radical (unpaired) electrons. The van der Waals surface area contributed by atoms with Gasteiger partial charge in [0, 0.05) is 18.0 Å². The molecule has 1 heterocycles. The predicted molar refractivity (Wildman–Crippen MR) is 84.5 cm³/mol. The van der Waals surface area contributed by atoms with E-state index in [1.54, 1.807) is 0 Å². The van der Waals surface area contributed by atoms with Crippen molar-refractivity contribution in [1.29, 1.82) is 0 Å². The molecule has 1 aliphatic rings. The smallest absolute Gasteiger partial charge is 0.240 e. The van der Waals surface area contributed by atoms with Gasteiger partial charge in [0.15, 0.2) is 0 Å². The Bertz CT molecular complexity index is 569. The third-order valence-corrected chi connectivity index (χ3v) is 3.96. The Hall–Kier alpha value is -2.24. The quantitative estimate of drug-likeness (QED) is 0.628. The van der Waals surface area contributed by atoms with Crippen LogP contribution in [0.15, 0.2) is 60.7 Å². The zero-order valence-corrected chi connectivity index (χ0v) is 12.3. The van der Waals surface area contributed by atoms with E-state index >= 15 is 0 Å². The van der Waals surface area contributed by atoms with Crippen LogP contribution < -0.4 is 0 Å². The van der Waals surface area contributed by atoms with E-state index < -0.39 is 6.04 Å². The van der Waals surface area contributed by atoms with E-state index in [9.17, 15) is 10.1 Å². The van der Waals surface area contributed by atoms with Crippen LogP contribution in [0, 0.1) is 10.1 Å². The lowest BCUT2D eigenvalue weighted by molar-refractivity contribution is -0.515. The normalized spacial score (nSPS) is 16.9. The number of rotatable bonds is 5. The van der Waals surface area contributed by atoms with Gasteiger partial charge in [0.05, 0.1) is 13.1 Å². The lowest BCUT2D eigenvalue weighted by Gasteiger charge is -2.27. The van der Waals surface area contributed by atoms with Crippen LogP contribution in [0.1, 0.15) is 11.1 Å². The van der Waals surface area contributed by atoms with E-state index in [0.29, 0.717) is 26.2 Å². The molecule has 5 nitrogen and oxygen atoms in total. The molecule has 1 aliphatic heterocycles. The topological polar surface area (TPSA) is 49.6 Å². The van der Waals surface area contributed by atoms with Crippen molar-refractivity contribution >= 4 is 0 Å². The third kappa shape index (κ3) is 3.50. The molecule has 2 aromatic carbocycles. The van der Waals surface area contributed by atoms with Crippen LogP contribution in [-0.2, 0) is 13.1 Å². The molecule has 0 saturated carbocycles. The molecule has 0 aliphatic carbocycles. The van der Waals surface area contributed by atoms with Crippen molar-refractivity contribution in [3.8, 4) is 0 Å². The van der Waals surface area contributed by atoms with Gasteiger partial charge in [-0.2, -0.15) is 0 Å². The average Bonchev–Trinajstić information content (AvgIpc) is 2.92. The van der Waals surface area contributed by atoms with E-state index in [4.69, 9.17) is 0 Å². The summed E-state index contributed by atoms with van der Waals surface area (Å²) in [6.07, 6.45) is 0. The van der Waals surface area contributed by atoms with Gasteiger partial charge < -0.3 is 0 Å². The Labute approximate surface area is 129 Å². The van der Waals surface area contributed by atoms with E-state index in [0.717, 1.165) is 0 Å². The lowest BCUT2D eigenvalue weighted by Crippen LogP contribution is -2.35. The standard InChI is InChI=1S/C17H19N3O2/c21-20(22)17-13-18(11-15-7-3-1-4-8-15)19(14-17)12-16-9-5-2-6-10-16/h1-10,17H,11-14H2. The summed E-state index contributed by atoms with van der Waals surface area (Å²) in [6, 6.07) is 19.7. The highest BCUT2D eigenvalue weighted by Crippen LogP contribution is 2.19. The Morgan fingerprint density at radius 3 is 1.64 bits per heavy atom. The predicted octanol–water partition coefficient (Wildman–Crippen LogP) is 2.56. The molecule has 0 amide bonds. The largest absolute Gasteiger partial charge is 0.264 e. The monoisotopic (exact) mass is 297 g/mol. The molecular formula is C17H19N3O2. The molecule has 0 aromatic heterocycles. The van der Waals surface area contributed by atoms with Gasteiger partial charge in [-0.25, -0.2) is 10.0 Å². The number of hydrogen-bond acceptors (Lipinski definition) is 4. The van der Waals surface area contributed by atoms with Crippen molar-refractivity contribution in [3.63, 3.8) is 0 Å². The van der Waals surface area contributed by atoms with Gasteiger partial charge in [0.25, 0.3) is 0 Å². The fourth-order valence-electron chi connectivity index (χ4n) is 2.83. The van der Waals surface area contributed by atoms with Crippen LogP contribution in [-0.4, -0.2) is 34.1 Å². The van der Waals surface area contributed by atoms with Crippen molar-refractivity contribution < 1.29 is 4.92 Å². The first-order chi connectivity index (χ1) is 10.7. The lowest BCUT2D eigenvalue weighted by atomic mass is 10.2. The number of nitro groups is 1. The minimum Gasteiger partial charge on any atom is -0.264 e. The summed E-state index contributed by atoms with van der Waals surface area (Å²) < 4.78 is 0. The molecule has 114 valence electrons. The van der Waals surface area contributed by atoms with Crippen molar-refractivity contribution in [2.75, 3.05) is 13.1 Å². The molecule has 1 saturated heterocycles. The minimum absolute atomic E-state index is 0.164. The van der Waals surface area contributed by atoms with Crippen molar-refractivity contribution in [3.05, 3.63) is 81.9 Å². The molecular weight excluding hydrogens is 278 g/mol. The maximum atomic E-state index is 11.1. The SMILES string of the molecule is O=[N+]([O-])C1CN(Cc2ccccc2)N(Cc2ccccc2)C1. The second kappa shape index (κ2) is 6.68. The van der Waals surface area contributed by atoms with Crippen molar-refractivity contribution in [2.45, 2.75) is 19.1 Å². The zero-order chi connectivity index (χ0) is 15.4. The molecule has 5 heteroatoms. The number of hydrogen-bond donors (Lipinski definition) is 0. The Morgan fingerprint density at radius 2 is 1.27 bits per heavy atom. The highest BCUT2D eigenvalue weighted by Gasteiger charge is 2.37. The summed E-state index contributed by atoms with van der Waals surface area (Å²) in [6.45, 7) is 2.35. The molecule has 0 unspecified atom stereocenters. The van der Waals surface area contributed by atoms with Crippen LogP contribution in [0.3, 0.4) is 0 Å². The first-order valence-electron chi connectivity index (χ1n) is 7.43. The van der Waals surface area contributed by atoms with Crippen molar-refractivity contribution in [2.24, 2.45) is 0 Å². The maximum Gasteiger partial charge on any atom is 0.240 e. The number of benzene rings is 2. The third-order valence-electron chi connectivity index (χ3n) is 3.96. The van der Waals surface area contributed by atoms with E-state index in [-0.39, 0.29) is 4.92 Å². The summed E-state index contributed by atoms with van der Waals surface area (Å²) in [5.41, 5.74) is 2.34. The van der Waals surface area contributed by atoms with Crippen LogP contribution in [0.25, 0.3) is 0 Å². The highest BCUT2D eigenvalue weighted by molar-refractivity contribution is 5.16. The molecule has 1 fully saturated rings. The van der Waals surface area contributed by atoms with E-state index in [1.807, 2.05) is 36.4 Å². The average molecular weight is 297 g/mol. The Kier molecular flexibility index (Phi) is 4.46. The molecule has 0 N–H and O–H groups in total. The van der Waals surface area contributed by atoms with Crippen LogP contribution in [0.5, 0.6) is 0 Å². The highest BCUT2D eigenvalue weighted by atomic mass is 16.6. The summed E-state index contributed by atoms with van der Waals surface area (Å²) in [5, 5.41) is 15.3. The van der Waals surface area contributed by atoms with Gasteiger partial charge in [0.1, 0.15) is 0 Å². The van der Waals surface area contributed by atoms with Gasteiger partial charge in [-0.15, -0.1) is 0 Å². The minimum atomic E-state index is -0.521. The first kappa shape index (κ1) is 14.7. The van der Waals surface area contributed by atoms with E-state index in [2.05, 4.69) is 34.3 Å². The Balaban J connectivity index is 1.74. The zero-order valence-electron chi connectivity index (χ0n) is 12.3. The summed E-state index contributed by atoms with van der Waals surface area (Å²) >= 11 is 0. The Morgan fingerprint density at radius 1 is 0.864 bits per heavy atom. The van der Waals surface area contributed by atoms with Gasteiger partial charge in [-0.3, -0.25) is 10.1 Å². The second-order valence-electron chi connectivity index (χ2n) is 5.60. The molecule has 3 rings (SSSR count). The number of nitrogens with zero attached hydrogens (tertiary/aromatic N) is 3.